The van der Waals surface area contributed by atoms with E-state index in [0.717, 1.165) is 30.9 Å². The zero-order chi connectivity index (χ0) is 11.0. The molecule has 6 heteroatoms. The van der Waals surface area contributed by atoms with Crippen LogP contribution in [-0.4, -0.2) is 36.3 Å². The molecule has 84 valence electrons. The van der Waals surface area contributed by atoms with Gasteiger partial charge in [0.15, 0.2) is 5.58 Å². The molecule has 3 heterocycles. The first kappa shape index (κ1) is 10.0. The maximum atomic E-state index is 5.64. The zero-order valence-corrected chi connectivity index (χ0v) is 10.1. The second-order valence-corrected chi connectivity index (χ2v) is 4.36. The van der Waals surface area contributed by atoms with Gasteiger partial charge in [-0.25, -0.2) is 4.98 Å². The Labute approximate surface area is 101 Å². The number of hydrogen-bond donors (Lipinski definition) is 0. The van der Waals surface area contributed by atoms with Gasteiger partial charge < -0.3 is 14.1 Å². The van der Waals surface area contributed by atoms with Crippen LogP contribution in [0, 0.1) is 0 Å². The van der Waals surface area contributed by atoms with Crippen molar-refractivity contribution in [1.29, 1.82) is 0 Å². The van der Waals surface area contributed by atoms with E-state index in [9.17, 15) is 0 Å². The molecule has 1 saturated heterocycles. The van der Waals surface area contributed by atoms with Crippen molar-refractivity contribution in [3.63, 3.8) is 0 Å². The quantitative estimate of drug-likeness (QED) is 0.748. The number of hydrogen-bond acceptors (Lipinski definition) is 5. The second-order valence-electron chi connectivity index (χ2n) is 3.55. The Morgan fingerprint density at radius 3 is 2.81 bits per heavy atom. The van der Waals surface area contributed by atoms with E-state index in [0.29, 0.717) is 17.2 Å². The van der Waals surface area contributed by atoms with Crippen molar-refractivity contribution >= 4 is 33.2 Å². The summed E-state index contributed by atoms with van der Waals surface area (Å²) >= 11 is 3.31. The van der Waals surface area contributed by atoms with E-state index < -0.39 is 0 Å². The Hall–Kier alpha value is -1.14. The molecule has 16 heavy (non-hydrogen) atoms. The molecular weight excluding hydrogens is 274 g/mol. The molecule has 0 bridgehead atoms. The fourth-order valence-corrected chi connectivity index (χ4v) is 1.97. The summed E-state index contributed by atoms with van der Waals surface area (Å²) in [5.74, 6) is 0. The van der Waals surface area contributed by atoms with Gasteiger partial charge >= 0.3 is 0 Å². The maximum Gasteiger partial charge on any atom is 0.300 e. The van der Waals surface area contributed by atoms with Crippen LogP contribution in [-0.2, 0) is 4.74 Å². The molecule has 0 amide bonds. The van der Waals surface area contributed by atoms with E-state index in [4.69, 9.17) is 9.15 Å². The summed E-state index contributed by atoms with van der Waals surface area (Å²) in [6.45, 7) is 3.06. The first-order chi connectivity index (χ1) is 7.83. The number of oxazole rings is 1. The average molecular weight is 284 g/mol. The van der Waals surface area contributed by atoms with Gasteiger partial charge in [0.1, 0.15) is 4.60 Å². The molecule has 1 aliphatic rings. The lowest BCUT2D eigenvalue weighted by Crippen LogP contribution is -2.36. The summed E-state index contributed by atoms with van der Waals surface area (Å²) in [4.78, 5) is 10.7. The van der Waals surface area contributed by atoms with Crippen molar-refractivity contribution in [2.45, 2.75) is 0 Å². The minimum absolute atomic E-state index is 0.629. The van der Waals surface area contributed by atoms with Crippen LogP contribution in [0.15, 0.2) is 21.2 Å². The minimum Gasteiger partial charge on any atom is -0.422 e. The zero-order valence-electron chi connectivity index (χ0n) is 8.52. The average Bonchev–Trinajstić information content (AvgIpc) is 2.73. The number of fused-ring (bicyclic) bond motifs is 1. The standard InChI is InChI=1S/C10H10BrN3O2/c11-8-2-1-7-9(12-8)13-10(16-7)14-3-5-15-6-4-14/h1-2H,3-6H2. The number of ether oxygens (including phenoxy) is 1. The van der Waals surface area contributed by atoms with Gasteiger partial charge in [-0.05, 0) is 28.1 Å². The third-order valence-electron chi connectivity index (χ3n) is 2.49. The van der Waals surface area contributed by atoms with Gasteiger partial charge in [0.25, 0.3) is 6.01 Å². The molecule has 3 rings (SSSR count). The Balaban J connectivity index is 1.97. The summed E-state index contributed by atoms with van der Waals surface area (Å²) < 4.78 is 11.7. The number of rotatable bonds is 1. The van der Waals surface area contributed by atoms with Crippen LogP contribution in [0.25, 0.3) is 11.2 Å². The predicted octanol–water partition coefficient (Wildman–Crippen LogP) is 1.82. The van der Waals surface area contributed by atoms with E-state index in [1.54, 1.807) is 0 Å². The second kappa shape index (κ2) is 4.03. The van der Waals surface area contributed by atoms with E-state index in [2.05, 4.69) is 30.8 Å². The lowest BCUT2D eigenvalue weighted by atomic mass is 10.4. The number of halogens is 1. The van der Waals surface area contributed by atoms with Crippen molar-refractivity contribution in [3.8, 4) is 0 Å². The van der Waals surface area contributed by atoms with Gasteiger partial charge in [0.05, 0.1) is 13.2 Å². The molecule has 5 nitrogen and oxygen atoms in total. The molecular formula is C10H10BrN3O2. The van der Waals surface area contributed by atoms with Crippen LogP contribution < -0.4 is 4.90 Å². The highest BCUT2D eigenvalue weighted by atomic mass is 79.9. The van der Waals surface area contributed by atoms with Gasteiger partial charge in [0, 0.05) is 13.1 Å². The summed E-state index contributed by atoms with van der Waals surface area (Å²) in [7, 11) is 0. The largest absolute Gasteiger partial charge is 0.422 e. The lowest BCUT2D eigenvalue weighted by Gasteiger charge is -2.24. The molecule has 0 spiro atoms. The van der Waals surface area contributed by atoms with Gasteiger partial charge in [-0.1, -0.05) is 0 Å². The SMILES string of the molecule is Brc1ccc2oc(N3CCOCC3)nc2n1. The van der Waals surface area contributed by atoms with E-state index in [-0.39, 0.29) is 0 Å². The molecule has 1 aliphatic heterocycles. The molecule has 0 aliphatic carbocycles. The van der Waals surface area contributed by atoms with Crippen LogP contribution >= 0.6 is 15.9 Å². The van der Waals surface area contributed by atoms with Crippen LogP contribution in [0.1, 0.15) is 0 Å². The predicted molar refractivity (Wildman–Crippen MR) is 62.5 cm³/mol. The molecule has 0 aromatic carbocycles. The fourth-order valence-electron chi connectivity index (χ4n) is 1.67. The Kier molecular flexibility index (Phi) is 2.53. The molecule has 0 atom stereocenters. The first-order valence-electron chi connectivity index (χ1n) is 5.09. The summed E-state index contributed by atoms with van der Waals surface area (Å²) in [5.41, 5.74) is 1.35. The maximum absolute atomic E-state index is 5.64. The lowest BCUT2D eigenvalue weighted by molar-refractivity contribution is 0.120. The van der Waals surface area contributed by atoms with Gasteiger partial charge in [0.2, 0.25) is 5.65 Å². The van der Waals surface area contributed by atoms with Gasteiger partial charge in [-0.15, -0.1) is 0 Å². The Bertz CT molecular complexity index is 508. The van der Waals surface area contributed by atoms with Crippen molar-refractivity contribution in [2.24, 2.45) is 0 Å². The smallest absolute Gasteiger partial charge is 0.300 e. The van der Waals surface area contributed by atoms with Crippen molar-refractivity contribution in [2.75, 3.05) is 31.2 Å². The molecule has 2 aromatic heterocycles. The van der Waals surface area contributed by atoms with Crippen LogP contribution in [0.5, 0.6) is 0 Å². The van der Waals surface area contributed by atoms with E-state index in [1.807, 2.05) is 12.1 Å². The Morgan fingerprint density at radius 1 is 1.19 bits per heavy atom. The van der Waals surface area contributed by atoms with Gasteiger partial charge in [-0.3, -0.25) is 0 Å². The molecule has 0 unspecified atom stereocenters. The number of pyridine rings is 1. The van der Waals surface area contributed by atoms with Crippen LogP contribution in [0.3, 0.4) is 0 Å². The van der Waals surface area contributed by atoms with Gasteiger partial charge in [-0.2, -0.15) is 4.98 Å². The topological polar surface area (TPSA) is 51.4 Å². The van der Waals surface area contributed by atoms with Crippen LogP contribution in [0.2, 0.25) is 0 Å². The number of nitrogens with zero attached hydrogens (tertiary/aromatic N) is 3. The first-order valence-corrected chi connectivity index (χ1v) is 5.88. The molecule has 1 fully saturated rings. The summed E-state index contributed by atoms with van der Waals surface area (Å²) in [6.07, 6.45) is 0. The highest BCUT2D eigenvalue weighted by molar-refractivity contribution is 9.10. The third kappa shape index (κ3) is 1.78. The number of anilines is 1. The Morgan fingerprint density at radius 2 is 2.00 bits per heavy atom. The third-order valence-corrected chi connectivity index (χ3v) is 2.93. The molecule has 0 radical (unpaired) electrons. The fraction of sp³-hybridized carbons (Fsp3) is 0.400. The van der Waals surface area contributed by atoms with Crippen LogP contribution in [0.4, 0.5) is 6.01 Å². The number of aromatic nitrogens is 2. The minimum atomic E-state index is 0.629. The van der Waals surface area contributed by atoms with Crippen molar-refractivity contribution < 1.29 is 9.15 Å². The summed E-state index contributed by atoms with van der Waals surface area (Å²) in [6, 6.07) is 4.34. The highest BCUT2D eigenvalue weighted by Crippen LogP contribution is 2.22. The van der Waals surface area contributed by atoms with E-state index in [1.165, 1.54) is 0 Å². The highest BCUT2D eigenvalue weighted by Gasteiger charge is 2.17. The molecule has 0 saturated carbocycles. The summed E-state index contributed by atoms with van der Waals surface area (Å²) in [5, 5.41) is 0. The van der Waals surface area contributed by atoms with E-state index >= 15 is 0 Å². The normalized spacial score (nSPS) is 16.9. The molecule has 0 N–H and O–H groups in total. The molecule has 2 aromatic rings. The number of morpholine rings is 1. The van der Waals surface area contributed by atoms with Crippen molar-refractivity contribution in [3.05, 3.63) is 16.7 Å². The monoisotopic (exact) mass is 283 g/mol. The van der Waals surface area contributed by atoms with Crippen molar-refractivity contribution in [1.82, 2.24) is 9.97 Å².